The van der Waals surface area contributed by atoms with Gasteiger partial charge in [-0.2, -0.15) is 4.99 Å². The third kappa shape index (κ3) is 5.79. The molecule has 0 saturated carbocycles. The predicted octanol–water partition coefficient (Wildman–Crippen LogP) is 5.30. The van der Waals surface area contributed by atoms with Gasteiger partial charge in [0.15, 0.2) is 9.84 Å². The molecule has 2 aliphatic rings. The SMILES string of the molecule is CC(C)S(=O)(=O)c1ccc(-c2ccccc2N2C(=O)N=C(NC(=O)OC(C)(C)C)[C@@]23CCN(C(=O)O)[C@H](C)C3)cc1. The van der Waals surface area contributed by atoms with Gasteiger partial charge in [0.05, 0.1) is 15.8 Å². The summed E-state index contributed by atoms with van der Waals surface area (Å²) >= 11 is 0. The van der Waals surface area contributed by atoms with Crippen molar-refractivity contribution in [1.29, 1.82) is 0 Å². The summed E-state index contributed by atoms with van der Waals surface area (Å²) < 4.78 is 30.7. The van der Waals surface area contributed by atoms with Gasteiger partial charge in [-0.25, -0.2) is 22.8 Å². The largest absolute Gasteiger partial charge is 0.465 e. The molecule has 2 atom stereocenters. The summed E-state index contributed by atoms with van der Waals surface area (Å²) in [6.07, 6.45) is -1.48. The fourth-order valence-corrected chi connectivity index (χ4v) is 6.41. The van der Waals surface area contributed by atoms with E-state index >= 15 is 0 Å². The maximum atomic E-state index is 13.6. The highest BCUT2D eigenvalue weighted by atomic mass is 32.2. The van der Waals surface area contributed by atoms with Gasteiger partial charge in [0.2, 0.25) is 0 Å². The lowest BCUT2D eigenvalue weighted by atomic mass is 9.80. The standard InChI is InChI=1S/C29H36N4O7S/c1-18(2)41(38,39)21-13-11-20(12-14-21)22-9-7-8-10-23(22)33-25(34)30-24(31-26(35)40-28(4,5)6)29(33)15-16-32(27(36)37)19(3)17-29/h7-14,18-19H,15-17H2,1-6H3,(H,36,37)(H,30,31,34,35)/t19-,29+/m1/s1. The topological polar surface area (TPSA) is 146 Å². The number of anilines is 1. The first kappa shape index (κ1) is 30.0. The molecule has 2 aliphatic heterocycles. The fraction of sp³-hybridized carbons (Fsp3) is 0.448. The molecule has 4 amide bonds. The van der Waals surface area contributed by atoms with E-state index in [2.05, 4.69) is 10.3 Å². The highest BCUT2D eigenvalue weighted by Gasteiger charge is 2.55. The normalized spacial score (nSPS) is 21.3. The number of sulfone groups is 1. The lowest BCUT2D eigenvalue weighted by Gasteiger charge is -2.47. The number of urea groups is 1. The van der Waals surface area contributed by atoms with Crippen molar-refractivity contribution in [3.05, 3.63) is 48.5 Å². The van der Waals surface area contributed by atoms with Crippen molar-refractivity contribution in [1.82, 2.24) is 10.2 Å². The molecule has 2 aromatic carbocycles. The predicted molar refractivity (Wildman–Crippen MR) is 155 cm³/mol. The number of ether oxygens (including phenoxy) is 1. The summed E-state index contributed by atoms with van der Waals surface area (Å²) in [6.45, 7) is 10.3. The maximum Gasteiger partial charge on any atom is 0.413 e. The lowest BCUT2D eigenvalue weighted by Crippen LogP contribution is -2.64. The van der Waals surface area contributed by atoms with Crippen molar-refractivity contribution < 1.29 is 32.6 Å². The maximum absolute atomic E-state index is 13.6. The van der Waals surface area contributed by atoms with Crippen LogP contribution < -0.4 is 10.2 Å². The smallest absolute Gasteiger partial charge is 0.413 e. The average Bonchev–Trinajstić information content (AvgIpc) is 3.12. The van der Waals surface area contributed by atoms with E-state index in [4.69, 9.17) is 4.74 Å². The van der Waals surface area contributed by atoms with Crippen LogP contribution in [-0.4, -0.2) is 71.5 Å². The van der Waals surface area contributed by atoms with Crippen LogP contribution in [0.1, 0.15) is 54.4 Å². The molecule has 0 unspecified atom stereocenters. The van der Waals surface area contributed by atoms with Crippen LogP contribution in [0.2, 0.25) is 0 Å². The first-order valence-corrected chi connectivity index (χ1v) is 15.0. The summed E-state index contributed by atoms with van der Waals surface area (Å²) in [5, 5.41) is 11.8. The number of rotatable bonds is 4. The Morgan fingerprint density at radius 1 is 1.12 bits per heavy atom. The monoisotopic (exact) mass is 584 g/mol. The number of alkyl carbamates (subject to hydrolysis) is 1. The van der Waals surface area contributed by atoms with Crippen LogP contribution in [0.4, 0.5) is 20.1 Å². The van der Waals surface area contributed by atoms with Crippen molar-refractivity contribution in [3.63, 3.8) is 0 Å². The van der Waals surface area contributed by atoms with Gasteiger partial charge in [0, 0.05) is 18.2 Å². The fourth-order valence-electron chi connectivity index (χ4n) is 5.36. The number of likely N-dealkylation sites (tertiary alicyclic amines) is 1. The number of carbonyl (C=O) groups excluding carboxylic acids is 2. The molecule has 0 radical (unpaired) electrons. The summed E-state index contributed by atoms with van der Waals surface area (Å²) in [6, 6.07) is 12.5. The molecule has 2 N–H and O–H groups in total. The van der Waals surface area contributed by atoms with Gasteiger partial charge >= 0.3 is 18.2 Å². The number of hydrogen-bond donors (Lipinski definition) is 2. The molecular formula is C29H36N4O7S. The van der Waals surface area contributed by atoms with E-state index in [1.165, 1.54) is 9.80 Å². The van der Waals surface area contributed by atoms with Crippen molar-refractivity contribution >= 4 is 39.6 Å². The van der Waals surface area contributed by atoms with Crippen molar-refractivity contribution in [3.8, 4) is 11.1 Å². The zero-order valence-corrected chi connectivity index (χ0v) is 24.9. The number of benzene rings is 2. The van der Waals surface area contributed by atoms with Crippen molar-refractivity contribution in [2.75, 3.05) is 11.4 Å². The van der Waals surface area contributed by atoms with Gasteiger partial charge in [0.25, 0.3) is 0 Å². The Kier molecular flexibility index (Phi) is 7.92. The molecule has 220 valence electrons. The number of hydrogen-bond acceptors (Lipinski definition) is 6. The molecule has 2 aromatic rings. The minimum Gasteiger partial charge on any atom is -0.465 e. The Morgan fingerprint density at radius 2 is 1.76 bits per heavy atom. The first-order chi connectivity index (χ1) is 19.1. The number of nitrogens with zero attached hydrogens (tertiary/aromatic N) is 3. The number of para-hydroxylation sites is 1. The second kappa shape index (κ2) is 10.8. The van der Waals surface area contributed by atoms with E-state index < -0.39 is 50.5 Å². The van der Waals surface area contributed by atoms with Gasteiger partial charge in [-0.1, -0.05) is 30.3 Å². The number of amides is 4. The van der Waals surface area contributed by atoms with Gasteiger partial charge in [-0.05, 0) is 78.1 Å². The Morgan fingerprint density at radius 3 is 2.32 bits per heavy atom. The van der Waals surface area contributed by atoms with Crippen LogP contribution in [0.25, 0.3) is 11.1 Å². The minimum absolute atomic E-state index is 0.0989. The molecule has 0 aliphatic carbocycles. The van der Waals surface area contributed by atoms with Crippen LogP contribution in [-0.2, 0) is 14.6 Å². The van der Waals surface area contributed by atoms with Gasteiger partial charge in [0.1, 0.15) is 17.0 Å². The number of carbonyl (C=O) groups is 3. The molecule has 4 rings (SSSR count). The van der Waals surface area contributed by atoms with Crippen molar-refractivity contribution in [2.45, 2.75) is 81.7 Å². The lowest BCUT2D eigenvalue weighted by molar-refractivity contribution is 0.0553. The number of piperidine rings is 1. The summed E-state index contributed by atoms with van der Waals surface area (Å²) in [5.41, 5.74) is -0.123. The molecule has 1 fully saturated rings. The number of aliphatic imine (C=N–C) groups is 1. The van der Waals surface area contributed by atoms with Gasteiger partial charge < -0.3 is 14.7 Å². The van der Waals surface area contributed by atoms with Gasteiger partial charge in [-0.15, -0.1) is 0 Å². The number of carboxylic acid groups (broad SMARTS) is 1. The first-order valence-electron chi connectivity index (χ1n) is 13.4. The zero-order chi connectivity index (χ0) is 30.3. The van der Waals surface area contributed by atoms with Crippen molar-refractivity contribution in [2.24, 2.45) is 4.99 Å². The molecule has 11 nitrogen and oxygen atoms in total. The average molecular weight is 585 g/mol. The molecule has 2 heterocycles. The number of nitrogens with one attached hydrogen (secondary N) is 1. The van der Waals surface area contributed by atoms with E-state index in [1.54, 1.807) is 84.0 Å². The molecule has 12 heteroatoms. The summed E-state index contributed by atoms with van der Waals surface area (Å²) in [5.74, 6) is 0.0989. The van der Waals surface area contributed by atoms with Crippen LogP contribution in [0.15, 0.2) is 58.4 Å². The Balaban J connectivity index is 1.79. The quantitative estimate of drug-likeness (QED) is 0.496. The van der Waals surface area contributed by atoms with Gasteiger partial charge in [-0.3, -0.25) is 10.2 Å². The third-order valence-corrected chi connectivity index (χ3v) is 9.49. The van der Waals surface area contributed by atoms with Crippen LogP contribution in [0.5, 0.6) is 0 Å². The molecule has 1 saturated heterocycles. The Bertz CT molecular complexity index is 1500. The van der Waals surface area contributed by atoms with Crippen LogP contribution in [0, 0.1) is 0 Å². The second-order valence-corrected chi connectivity index (χ2v) is 14.2. The van der Waals surface area contributed by atoms with E-state index in [0.29, 0.717) is 16.8 Å². The molecule has 0 aromatic heterocycles. The molecular weight excluding hydrogens is 548 g/mol. The van der Waals surface area contributed by atoms with E-state index in [1.807, 2.05) is 6.07 Å². The zero-order valence-electron chi connectivity index (χ0n) is 24.0. The van der Waals surface area contributed by atoms with E-state index in [-0.39, 0.29) is 30.1 Å². The van der Waals surface area contributed by atoms with Crippen LogP contribution in [0.3, 0.4) is 0 Å². The highest BCUT2D eigenvalue weighted by molar-refractivity contribution is 7.92. The van der Waals surface area contributed by atoms with E-state index in [9.17, 15) is 27.9 Å². The summed E-state index contributed by atoms with van der Waals surface area (Å²) in [4.78, 5) is 45.5. The Labute approximate surface area is 240 Å². The molecule has 41 heavy (non-hydrogen) atoms. The molecule has 0 bridgehead atoms. The second-order valence-electron chi connectivity index (χ2n) is 11.7. The summed E-state index contributed by atoms with van der Waals surface area (Å²) in [7, 11) is -3.47. The van der Waals surface area contributed by atoms with E-state index in [0.717, 1.165) is 0 Å². The van der Waals surface area contributed by atoms with Crippen LogP contribution >= 0.6 is 0 Å². The minimum atomic E-state index is -3.47. The third-order valence-electron chi connectivity index (χ3n) is 7.32. The highest BCUT2D eigenvalue weighted by Crippen LogP contribution is 2.44. The number of amidine groups is 1. The molecule has 1 spiro atoms. The Hall–Kier alpha value is -3.93.